The number of alkyl halides is 2. The molecule has 6 heteroatoms. The Balaban J connectivity index is 4.53. The molecule has 0 spiro atoms. The summed E-state index contributed by atoms with van der Waals surface area (Å²) in [6, 6.07) is 0. The minimum Gasteiger partial charge on any atom is -0.362 e. The molecule has 4 atom stereocenters. The Kier molecular flexibility index (Phi) is 8.78. The Labute approximate surface area is 118 Å². The first-order chi connectivity index (χ1) is 8.36. The number of ether oxygens (including phenoxy) is 2. The van der Waals surface area contributed by atoms with Crippen molar-refractivity contribution in [1.29, 1.82) is 0 Å². The molecule has 0 heterocycles. The number of halogens is 2. The fourth-order valence-corrected chi connectivity index (χ4v) is 1.77. The molecule has 0 fully saturated rings. The standard InChI is InChI=1S/C12H20Cl2O4/c1-5-17-11(13)7(3)9(15)10(16)8(4)12(14)18-6-2/h7-8,11-12H,5-6H2,1-4H3. The highest BCUT2D eigenvalue weighted by Gasteiger charge is 2.33. The molecule has 0 aromatic rings. The van der Waals surface area contributed by atoms with Gasteiger partial charge in [-0.15, -0.1) is 0 Å². The number of carbonyl (C=O) groups is 2. The van der Waals surface area contributed by atoms with E-state index in [4.69, 9.17) is 32.7 Å². The lowest BCUT2D eigenvalue weighted by Gasteiger charge is -2.20. The van der Waals surface area contributed by atoms with Crippen molar-refractivity contribution < 1.29 is 19.1 Å². The zero-order chi connectivity index (χ0) is 14.3. The zero-order valence-corrected chi connectivity index (χ0v) is 12.6. The van der Waals surface area contributed by atoms with E-state index in [1.165, 1.54) is 0 Å². The number of carbonyl (C=O) groups excluding carboxylic acids is 2. The molecule has 0 bridgehead atoms. The lowest BCUT2D eigenvalue weighted by atomic mass is 9.95. The summed E-state index contributed by atoms with van der Waals surface area (Å²) in [6.07, 6.45) is 0. The highest BCUT2D eigenvalue weighted by atomic mass is 35.5. The van der Waals surface area contributed by atoms with E-state index in [1.807, 2.05) is 0 Å². The molecule has 0 amide bonds. The number of hydrogen-bond donors (Lipinski definition) is 0. The van der Waals surface area contributed by atoms with Crippen molar-refractivity contribution >= 4 is 34.8 Å². The Morgan fingerprint density at radius 1 is 0.889 bits per heavy atom. The van der Waals surface area contributed by atoms with E-state index >= 15 is 0 Å². The van der Waals surface area contributed by atoms with Crippen molar-refractivity contribution in [2.45, 2.75) is 38.8 Å². The summed E-state index contributed by atoms with van der Waals surface area (Å²) in [5, 5.41) is 0. The number of Topliss-reactive ketones (excluding diaryl/α,β-unsaturated/α-hetero) is 2. The fourth-order valence-electron chi connectivity index (χ4n) is 1.29. The van der Waals surface area contributed by atoms with Crippen molar-refractivity contribution in [1.82, 2.24) is 0 Å². The minimum atomic E-state index is -0.806. The molecule has 0 aliphatic heterocycles. The van der Waals surface area contributed by atoms with E-state index < -0.39 is 34.5 Å². The van der Waals surface area contributed by atoms with Crippen molar-refractivity contribution in [2.24, 2.45) is 11.8 Å². The van der Waals surface area contributed by atoms with Crippen LogP contribution in [0.15, 0.2) is 0 Å². The van der Waals surface area contributed by atoms with Crippen LogP contribution in [-0.4, -0.2) is 35.9 Å². The SMILES string of the molecule is CCOC(Cl)C(C)C(=O)C(=O)C(C)C(Cl)OCC. The quantitative estimate of drug-likeness (QED) is 0.485. The van der Waals surface area contributed by atoms with E-state index in [1.54, 1.807) is 27.7 Å². The molecule has 4 nitrogen and oxygen atoms in total. The second-order valence-corrected chi connectivity index (χ2v) is 4.78. The molecule has 18 heavy (non-hydrogen) atoms. The summed E-state index contributed by atoms with van der Waals surface area (Å²) < 4.78 is 10.2. The van der Waals surface area contributed by atoms with Gasteiger partial charge in [0.05, 0.1) is 11.8 Å². The molecule has 106 valence electrons. The maximum Gasteiger partial charge on any atom is 0.205 e. The van der Waals surface area contributed by atoms with E-state index in [2.05, 4.69) is 0 Å². The second-order valence-electron chi connectivity index (χ2n) is 3.92. The highest BCUT2D eigenvalue weighted by molar-refractivity contribution is 6.41. The van der Waals surface area contributed by atoms with Crippen molar-refractivity contribution in [3.05, 3.63) is 0 Å². The highest BCUT2D eigenvalue weighted by Crippen LogP contribution is 2.19. The van der Waals surface area contributed by atoms with Gasteiger partial charge < -0.3 is 9.47 Å². The van der Waals surface area contributed by atoms with Crippen LogP contribution >= 0.6 is 23.2 Å². The second kappa shape index (κ2) is 8.86. The van der Waals surface area contributed by atoms with Gasteiger partial charge in [-0.2, -0.15) is 0 Å². The van der Waals surface area contributed by atoms with Crippen LogP contribution in [0.2, 0.25) is 0 Å². The van der Waals surface area contributed by atoms with E-state index in [-0.39, 0.29) is 0 Å². The molecular formula is C12H20Cl2O4. The third-order valence-corrected chi connectivity index (χ3v) is 3.52. The summed E-state index contributed by atoms with van der Waals surface area (Å²) in [4.78, 5) is 23.8. The summed E-state index contributed by atoms with van der Waals surface area (Å²) in [5.41, 5.74) is -1.61. The van der Waals surface area contributed by atoms with E-state index in [9.17, 15) is 9.59 Å². The molecule has 0 N–H and O–H groups in total. The molecule has 0 aliphatic rings. The van der Waals surface area contributed by atoms with Crippen molar-refractivity contribution in [3.63, 3.8) is 0 Å². The van der Waals surface area contributed by atoms with Crippen LogP contribution in [0.1, 0.15) is 27.7 Å². The lowest BCUT2D eigenvalue weighted by Crippen LogP contribution is -2.36. The van der Waals surface area contributed by atoms with Gasteiger partial charge in [0.2, 0.25) is 11.6 Å². The number of hydrogen-bond acceptors (Lipinski definition) is 4. The van der Waals surface area contributed by atoms with Gasteiger partial charge in [0.15, 0.2) is 0 Å². The summed E-state index contributed by atoms with van der Waals surface area (Å²) >= 11 is 11.7. The third-order valence-electron chi connectivity index (χ3n) is 2.51. The van der Waals surface area contributed by atoms with Crippen molar-refractivity contribution in [2.75, 3.05) is 13.2 Å². The van der Waals surface area contributed by atoms with Crippen molar-refractivity contribution in [3.8, 4) is 0 Å². The normalized spacial score (nSPS) is 17.9. The monoisotopic (exact) mass is 298 g/mol. The molecule has 0 rings (SSSR count). The summed E-state index contributed by atoms with van der Waals surface area (Å²) in [7, 11) is 0. The maximum atomic E-state index is 11.9. The topological polar surface area (TPSA) is 52.6 Å². The van der Waals surface area contributed by atoms with Crippen LogP contribution < -0.4 is 0 Å². The van der Waals surface area contributed by atoms with Crippen LogP contribution in [0.5, 0.6) is 0 Å². The molecule has 0 saturated heterocycles. The van der Waals surface area contributed by atoms with Gasteiger partial charge in [0, 0.05) is 13.2 Å². The molecule has 0 saturated carbocycles. The molecular weight excluding hydrogens is 279 g/mol. The molecule has 0 aliphatic carbocycles. The number of ketones is 2. The van der Waals surface area contributed by atoms with Gasteiger partial charge in [0.25, 0.3) is 0 Å². The minimum absolute atomic E-state index is 0.382. The van der Waals surface area contributed by atoms with Gasteiger partial charge in [-0.1, -0.05) is 37.0 Å². The first-order valence-corrected chi connectivity index (χ1v) is 6.83. The predicted molar refractivity (Wildman–Crippen MR) is 70.9 cm³/mol. The summed E-state index contributed by atoms with van der Waals surface area (Å²) in [5.74, 6) is -2.57. The molecule has 0 aromatic carbocycles. The largest absolute Gasteiger partial charge is 0.362 e. The van der Waals surface area contributed by atoms with Gasteiger partial charge in [-0.25, -0.2) is 0 Å². The van der Waals surface area contributed by atoms with Crippen LogP contribution in [-0.2, 0) is 19.1 Å². The first-order valence-electron chi connectivity index (χ1n) is 5.96. The zero-order valence-electron chi connectivity index (χ0n) is 11.1. The van der Waals surface area contributed by atoms with Crippen LogP contribution in [0.4, 0.5) is 0 Å². The Morgan fingerprint density at radius 3 is 1.39 bits per heavy atom. The molecule has 0 radical (unpaired) electrons. The average Bonchev–Trinajstić information content (AvgIpc) is 2.35. The van der Waals surface area contributed by atoms with Gasteiger partial charge in [-0.3, -0.25) is 9.59 Å². The third kappa shape index (κ3) is 5.22. The average molecular weight is 299 g/mol. The van der Waals surface area contributed by atoms with Gasteiger partial charge in [0.1, 0.15) is 11.1 Å². The summed E-state index contributed by atoms with van der Waals surface area (Å²) in [6.45, 7) is 7.41. The Morgan fingerprint density at radius 2 is 1.17 bits per heavy atom. The van der Waals surface area contributed by atoms with Gasteiger partial charge in [-0.05, 0) is 13.8 Å². The Bertz CT molecular complexity index is 255. The lowest BCUT2D eigenvalue weighted by molar-refractivity contribution is -0.143. The molecule has 0 aromatic heterocycles. The van der Waals surface area contributed by atoms with Crippen LogP contribution in [0.25, 0.3) is 0 Å². The van der Waals surface area contributed by atoms with Crippen LogP contribution in [0, 0.1) is 11.8 Å². The maximum absolute atomic E-state index is 11.9. The number of rotatable bonds is 9. The van der Waals surface area contributed by atoms with E-state index in [0.29, 0.717) is 13.2 Å². The predicted octanol–water partition coefficient (Wildman–Crippen LogP) is 2.60. The van der Waals surface area contributed by atoms with Gasteiger partial charge >= 0.3 is 0 Å². The van der Waals surface area contributed by atoms with E-state index in [0.717, 1.165) is 0 Å². The Hall–Kier alpha value is -0.160. The molecule has 4 unspecified atom stereocenters. The fraction of sp³-hybridized carbons (Fsp3) is 0.833. The smallest absolute Gasteiger partial charge is 0.205 e. The first kappa shape index (κ1) is 17.8. The van der Waals surface area contributed by atoms with Crippen LogP contribution in [0.3, 0.4) is 0 Å².